The molecule has 0 amide bonds. The van der Waals surface area contributed by atoms with E-state index in [9.17, 15) is 10.2 Å². The molecule has 0 aliphatic carbocycles. The SMILES string of the molecule is Oc1ccc(Cl)cc1C=NNC(=S)NN=Cc1cc(Cl)ccc1O. The molecule has 0 heterocycles. The number of hydrogen-bond donors (Lipinski definition) is 4. The van der Waals surface area contributed by atoms with E-state index in [-0.39, 0.29) is 16.6 Å². The van der Waals surface area contributed by atoms with Crippen LogP contribution in [0, 0.1) is 0 Å². The smallest absolute Gasteiger partial charge is 0.207 e. The van der Waals surface area contributed by atoms with Gasteiger partial charge in [-0.05, 0) is 48.6 Å². The third kappa shape index (κ3) is 5.38. The first-order chi connectivity index (χ1) is 11.5. The standard InChI is InChI=1S/C15H12Cl2N4O2S/c16-11-1-3-13(22)9(5-11)7-18-20-15(24)21-19-8-10-6-12(17)2-4-14(10)23/h1-8,22-23H,(H2,20,21,24). The maximum Gasteiger partial charge on any atom is 0.207 e. The maximum absolute atomic E-state index is 9.63. The summed E-state index contributed by atoms with van der Waals surface area (Å²) in [6.45, 7) is 0. The van der Waals surface area contributed by atoms with Crippen molar-refractivity contribution in [2.45, 2.75) is 0 Å². The van der Waals surface area contributed by atoms with E-state index >= 15 is 0 Å². The van der Waals surface area contributed by atoms with Gasteiger partial charge in [-0.15, -0.1) is 0 Å². The normalized spacial score (nSPS) is 11.1. The lowest BCUT2D eigenvalue weighted by molar-refractivity contribution is 0.474. The van der Waals surface area contributed by atoms with Gasteiger partial charge in [0.2, 0.25) is 5.11 Å². The molecule has 124 valence electrons. The Morgan fingerprint density at radius 1 is 0.875 bits per heavy atom. The summed E-state index contributed by atoms with van der Waals surface area (Å²) in [7, 11) is 0. The highest BCUT2D eigenvalue weighted by atomic mass is 35.5. The van der Waals surface area contributed by atoms with E-state index < -0.39 is 0 Å². The minimum absolute atomic E-state index is 0.0401. The number of thiocarbonyl (C=S) groups is 1. The van der Waals surface area contributed by atoms with E-state index in [4.69, 9.17) is 35.4 Å². The fraction of sp³-hybridized carbons (Fsp3) is 0. The molecule has 2 aromatic rings. The van der Waals surface area contributed by atoms with Crippen LogP contribution in [0.1, 0.15) is 11.1 Å². The number of halogens is 2. The van der Waals surface area contributed by atoms with E-state index in [1.165, 1.54) is 24.6 Å². The fourth-order valence-corrected chi connectivity index (χ4v) is 2.07. The number of nitrogens with one attached hydrogen (secondary N) is 2. The molecular weight excluding hydrogens is 371 g/mol. The molecule has 6 nitrogen and oxygen atoms in total. The molecule has 0 aliphatic rings. The van der Waals surface area contributed by atoms with Crippen molar-refractivity contribution in [1.29, 1.82) is 0 Å². The van der Waals surface area contributed by atoms with Gasteiger partial charge in [0.05, 0.1) is 12.4 Å². The summed E-state index contributed by atoms with van der Waals surface area (Å²) in [6.07, 6.45) is 2.73. The van der Waals surface area contributed by atoms with Gasteiger partial charge < -0.3 is 10.2 Å². The minimum Gasteiger partial charge on any atom is -0.507 e. The Labute approximate surface area is 153 Å². The monoisotopic (exact) mass is 382 g/mol. The van der Waals surface area contributed by atoms with Crippen LogP contribution in [-0.4, -0.2) is 27.8 Å². The molecule has 0 spiro atoms. The van der Waals surface area contributed by atoms with Crippen molar-refractivity contribution in [3.8, 4) is 11.5 Å². The molecule has 0 aliphatic heterocycles. The van der Waals surface area contributed by atoms with Gasteiger partial charge in [0.15, 0.2) is 0 Å². The highest BCUT2D eigenvalue weighted by Crippen LogP contribution is 2.20. The molecule has 24 heavy (non-hydrogen) atoms. The van der Waals surface area contributed by atoms with Gasteiger partial charge >= 0.3 is 0 Å². The van der Waals surface area contributed by atoms with Crippen LogP contribution in [0.5, 0.6) is 11.5 Å². The molecule has 0 atom stereocenters. The van der Waals surface area contributed by atoms with Crippen molar-refractivity contribution < 1.29 is 10.2 Å². The third-order valence-corrected chi connectivity index (χ3v) is 3.37. The molecule has 0 aromatic heterocycles. The molecule has 0 radical (unpaired) electrons. The molecule has 2 aromatic carbocycles. The van der Waals surface area contributed by atoms with Crippen LogP contribution in [0.15, 0.2) is 46.6 Å². The van der Waals surface area contributed by atoms with Gasteiger partial charge in [0.25, 0.3) is 0 Å². The van der Waals surface area contributed by atoms with Crippen molar-refractivity contribution >= 4 is 53.0 Å². The van der Waals surface area contributed by atoms with E-state index in [0.29, 0.717) is 21.2 Å². The topological polar surface area (TPSA) is 89.2 Å². The summed E-state index contributed by atoms with van der Waals surface area (Å²) in [4.78, 5) is 0. The summed E-state index contributed by atoms with van der Waals surface area (Å²) in [6, 6.07) is 9.16. The van der Waals surface area contributed by atoms with Crippen molar-refractivity contribution in [1.82, 2.24) is 10.9 Å². The first-order valence-electron chi connectivity index (χ1n) is 6.55. The highest BCUT2D eigenvalue weighted by molar-refractivity contribution is 7.80. The fourth-order valence-electron chi connectivity index (χ4n) is 1.60. The van der Waals surface area contributed by atoms with Crippen LogP contribution in [-0.2, 0) is 0 Å². The van der Waals surface area contributed by atoms with E-state index in [0.717, 1.165) is 0 Å². The number of rotatable bonds is 4. The molecule has 2 rings (SSSR count). The molecule has 0 bridgehead atoms. The van der Waals surface area contributed by atoms with Gasteiger partial charge in [-0.1, -0.05) is 23.2 Å². The number of benzene rings is 2. The predicted molar refractivity (Wildman–Crippen MR) is 100 cm³/mol. The van der Waals surface area contributed by atoms with Gasteiger partial charge in [-0.25, -0.2) is 0 Å². The van der Waals surface area contributed by atoms with Crippen molar-refractivity contribution in [3.63, 3.8) is 0 Å². The Bertz CT molecular complexity index is 747. The number of phenols is 2. The second-order valence-corrected chi connectivity index (χ2v) is 5.76. The van der Waals surface area contributed by atoms with Crippen molar-refractivity contribution in [2.24, 2.45) is 10.2 Å². The number of nitrogens with zero attached hydrogens (tertiary/aromatic N) is 2. The minimum atomic E-state index is 0.0401. The lowest BCUT2D eigenvalue weighted by Crippen LogP contribution is -2.28. The predicted octanol–water partition coefficient (Wildman–Crippen LogP) is 3.24. The Kier molecular flexibility index (Phi) is 6.36. The lowest BCUT2D eigenvalue weighted by atomic mass is 10.2. The van der Waals surface area contributed by atoms with Crippen molar-refractivity contribution in [3.05, 3.63) is 57.6 Å². The molecule has 0 unspecified atom stereocenters. The Morgan fingerprint density at radius 3 is 1.71 bits per heavy atom. The summed E-state index contributed by atoms with van der Waals surface area (Å²) < 4.78 is 0. The zero-order valence-electron chi connectivity index (χ0n) is 12.1. The molecule has 4 N–H and O–H groups in total. The summed E-state index contributed by atoms with van der Waals surface area (Å²) in [5.74, 6) is 0.0801. The average Bonchev–Trinajstić information content (AvgIpc) is 2.54. The van der Waals surface area contributed by atoms with Crippen molar-refractivity contribution in [2.75, 3.05) is 0 Å². The maximum atomic E-state index is 9.63. The van der Waals surface area contributed by atoms with Gasteiger partial charge in [-0.2, -0.15) is 10.2 Å². The second kappa shape index (κ2) is 8.49. The van der Waals surface area contributed by atoms with E-state index in [1.54, 1.807) is 24.3 Å². The molecule has 0 fully saturated rings. The first-order valence-corrected chi connectivity index (χ1v) is 7.71. The number of aromatic hydroxyl groups is 2. The molecular formula is C15H12Cl2N4O2S. The van der Waals surface area contributed by atoms with Gasteiger partial charge in [0, 0.05) is 21.2 Å². The zero-order valence-corrected chi connectivity index (χ0v) is 14.4. The molecule has 9 heteroatoms. The van der Waals surface area contributed by atoms with Gasteiger partial charge in [0.1, 0.15) is 11.5 Å². The van der Waals surface area contributed by atoms with E-state index in [2.05, 4.69) is 21.1 Å². The van der Waals surface area contributed by atoms with E-state index in [1.807, 2.05) is 0 Å². The van der Waals surface area contributed by atoms with Crippen LogP contribution in [0.25, 0.3) is 0 Å². The zero-order chi connectivity index (χ0) is 17.5. The molecule has 0 saturated carbocycles. The lowest BCUT2D eigenvalue weighted by Gasteiger charge is -2.03. The van der Waals surface area contributed by atoms with Crippen LogP contribution >= 0.6 is 35.4 Å². The van der Waals surface area contributed by atoms with Crippen LogP contribution in [0.3, 0.4) is 0 Å². The van der Waals surface area contributed by atoms with Gasteiger partial charge in [-0.3, -0.25) is 10.9 Å². The largest absolute Gasteiger partial charge is 0.507 e. The van der Waals surface area contributed by atoms with Crippen LogP contribution in [0.4, 0.5) is 0 Å². The number of hydrazone groups is 2. The highest BCUT2D eigenvalue weighted by Gasteiger charge is 2.00. The Balaban J connectivity index is 1.89. The Hall–Kier alpha value is -2.35. The van der Waals surface area contributed by atoms with Crippen LogP contribution in [0.2, 0.25) is 10.0 Å². The molecule has 0 saturated heterocycles. The quantitative estimate of drug-likeness (QED) is 0.370. The first kappa shape index (κ1) is 18.0. The summed E-state index contributed by atoms with van der Waals surface area (Å²) in [5, 5.41) is 28.0. The number of phenolic OH excluding ortho intramolecular Hbond substituents is 2. The third-order valence-electron chi connectivity index (χ3n) is 2.72. The van der Waals surface area contributed by atoms with Crippen LogP contribution < -0.4 is 10.9 Å². The number of hydrogen-bond acceptors (Lipinski definition) is 5. The average molecular weight is 383 g/mol. The second-order valence-electron chi connectivity index (χ2n) is 4.48. The summed E-state index contributed by atoms with van der Waals surface area (Å²) >= 11 is 16.6. The Morgan fingerprint density at radius 2 is 1.29 bits per heavy atom. The summed E-state index contributed by atoms with van der Waals surface area (Å²) in [5.41, 5.74) is 5.92.